The normalized spacial score (nSPS) is 14.7. The van der Waals surface area contributed by atoms with Gasteiger partial charge in [0.2, 0.25) is 5.91 Å². The number of anilines is 2. The van der Waals surface area contributed by atoms with Crippen LogP contribution in [0.5, 0.6) is 5.75 Å². The van der Waals surface area contributed by atoms with Crippen molar-refractivity contribution >= 4 is 31.8 Å². The zero-order valence-corrected chi connectivity index (χ0v) is 21.0. The predicted molar refractivity (Wildman–Crippen MR) is 140 cm³/mol. The summed E-state index contributed by atoms with van der Waals surface area (Å²) in [5.41, 5.74) is 15.1. The molecule has 2 unspecified atom stereocenters. The van der Waals surface area contributed by atoms with Gasteiger partial charge in [0.25, 0.3) is 0 Å². The minimum atomic E-state index is -0.530. The van der Waals surface area contributed by atoms with E-state index in [1.165, 1.54) is 25.0 Å². The van der Waals surface area contributed by atoms with Crippen molar-refractivity contribution in [3.05, 3.63) is 54.2 Å². The van der Waals surface area contributed by atoms with Gasteiger partial charge in [-0.05, 0) is 57.1 Å². The number of nitrogens with one attached hydrogen (secondary N) is 1. The highest BCUT2D eigenvalue weighted by molar-refractivity contribution is 7.27. The number of ether oxygens (including phenoxy) is 1. The molecule has 3 aromatic rings. The Morgan fingerprint density at radius 1 is 1.23 bits per heavy atom. The van der Waals surface area contributed by atoms with Gasteiger partial charge < -0.3 is 31.0 Å². The van der Waals surface area contributed by atoms with Crippen LogP contribution in [0.3, 0.4) is 0 Å². The van der Waals surface area contributed by atoms with Crippen LogP contribution in [0.25, 0.3) is 11.3 Å². The number of aromatic nitrogens is 2. The van der Waals surface area contributed by atoms with E-state index in [2.05, 4.69) is 24.4 Å². The van der Waals surface area contributed by atoms with Gasteiger partial charge >= 0.3 is 0 Å². The minimum absolute atomic E-state index is 0.0516. The van der Waals surface area contributed by atoms with Crippen LogP contribution in [0, 0.1) is 5.82 Å². The molecule has 0 radical (unpaired) electrons. The van der Waals surface area contributed by atoms with E-state index in [1.54, 1.807) is 30.0 Å². The molecule has 4 rings (SSSR count). The summed E-state index contributed by atoms with van der Waals surface area (Å²) in [4.78, 5) is 19.1. The quantitative estimate of drug-likeness (QED) is 0.309. The lowest BCUT2D eigenvalue weighted by atomic mass is 10.1. The molecule has 8 nitrogen and oxygen atoms in total. The van der Waals surface area contributed by atoms with Gasteiger partial charge in [-0.15, -0.1) is 9.24 Å². The van der Waals surface area contributed by atoms with Crippen molar-refractivity contribution in [1.82, 2.24) is 19.8 Å². The van der Waals surface area contributed by atoms with Gasteiger partial charge in [-0.25, -0.2) is 9.37 Å². The maximum atomic E-state index is 14.1. The van der Waals surface area contributed by atoms with E-state index in [1.807, 2.05) is 12.3 Å². The number of nitrogen functional groups attached to an aromatic ring is 2. The van der Waals surface area contributed by atoms with Crippen LogP contribution in [0.15, 0.2) is 42.9 Å². The lowest BCUT2D eigenvalue weighted by molar-refractivity contribution is -0.121. The van der Waals surface area contributed by atoms with Gasteiger partial charge in [0, 0.05) is 41.4 Å². The molecular weight excluding hydrogens is 466 g/mol. The van der Waals surface area contributed by atoms with Gasteiger partial charge in [-0.3, -0.25) is 4.79 Å². The molecule has 1 fully saturated rings. The molecule has 1 aliphatic rings. The Bertz CT molecular complexity index is 1190. The van der Waals surface area contributed by atoms with Gasteiger partial charge in [-0.1, -0.05) is 6.07 Å². The second kappa shape index (κ2) is 11.1. The Kier molecular flexibility index (Phi) is 7.88. The fourth-order valence-electron chi connectivity index (χ4n) is 4.30. The first-order chi connectivity index (χ1) is 16.8. The van der Waals surface area contributed by atoms with Crippen molar-refractivity contribution in [3.8, 4) is 17.0 Å². The number of hydrogen-bond donors (Lipinski definition) is 3. The molecule has 2 atom stereocenters. The summed E-state index contributed by atoms with van der Waals surface area (Å²) in [7, 11) is 2.38. The molecule has 0 saturated carbocycles. The fourth-order valence-corrected chi connectivity index (χ4v) is 4.80. The van der Waals surface area contributed by atoms with E-state index in [9.17, 15) is 9.18 Å². The summed E-state index contributed by atoms with van der Waals surface area (Å²) in [5.74, 6) is 0.0171. The van der Waals surface area contributed by atoms with Crippen molar-refractivity contribution in [2.75, 3.05) is 37.6 Å². The molecule has 1 amide bonds. The number of amides is 1. The number of halogens is 1. The molecule has 0 bridgehead atoms. The summed E-state index contributed by atoms with van der Waals surface area (Å²) in [6.07, 6.45) is 5.38. The van der Waals surface area contributed by atoms with E-state index in [0.29, 0.717) is 40.2 Å². The molecule has 5 N–H and O–H groups in total. The lowest BCUT2D eigenvalue weighted by Crippen LogP contribution is -2.35. The first kappa shape index (κ1) is 24.9. The molecule has 1 aliphatic heterocycles. The number of nitrogens with zero attached hydrogens (tertiary/aromatic N) is 3. The monoisotopic (exact) mass is 498 g/mol. The third kappa shape index (κ3) is 6.10. The summed E-state index contributed by atoms with van der Waals surface area (Å²) < 4.78 is 21.9. The van der Waals surface area contributed by atoms with Crippen LogP contribution < -0.4 is 26.8 Å². The van der Waals surface area contributed by atoms with E-state index >= 15 is 0 Å². The average Bonchev–Trinajstić information content (AvgIpc) is 3.50. The third-order valence-electron chi connectivity index (χ3n) is 6.20. The van der Waals surface area contributed by atoms with Crippen molar-refractivity contribution < 1.29 is 13.9 Å². The lowest BCUT2D eigenvalue weighted by Gasteiger charge is -2.20. The molecule has 35 heavy (non-hydrogen) atoms. The van der Waals surface area contributed by atoms with E-state index in [0.717, 1.165) is 25.2 Å². The van der Waals surface area contributed by atoms with E-state index in [4.69, 9.17) is 16.2 Å². The summed E-state index contributed by atoms with van der Waals surface area (Å²) in [6.45, 7) is 5.74. The highest BCUT2D eigenvalue weighted by Gasteiger charge is 2.18. The summed E-state index contributed by atoms with van der Waals surface area (Å²) >= 11 is 0. The van der Waals surface area contributed by atoms with Gasteiger partial charge in [0.1, 0.15) is 24.2 Å². The molecule has 2 heterocycles. The average molecular weight is 499 g/mol. The zero-order chi connectivity index (χ0) is 24.9. The summed E-state index contributed by atoms with van der Waals surface area (Å²) in [5, 5.41) is 3.33. The maximum absolute atomic E-state index is 14.1. The van der Waals surface area contributed by atoms with Crippen LogP contribution in [0.2, 0.25) is 0 Å². The summed E-state index contributed by atoms with van der Waals surface area (Å²) in [6, 6.07) is 8.21. The number of imidazole rings is 1. The molecule has 1 saturated heterocycles. The second-order valence-corrected chi connectivity index (χ2v) is 9.38. The Labute approximate surface area is 207 Å². The minimum Gasteiger partial charge on any atom is -0.484 e. The Balaban J connectivity index is 1.40. The van der Waals surface area contributed by atoms with Crippen molar-refractivity contribution in [2.45, 2.75) is 32.4 Å². The highest BCUT2D eigenvalue weighted by Crippen LogP contribution is 2.33. The Hall–Kier alpha value is -3.16. The molecule has 0 aliphatic carbocycles. The van der Waals surface area contributed by atoms with Crippen molar-refractivity contribution in [2.24, 2.45) is 0 Å². The highest BCUT2D eigenvalue weighted by atomic mass is 31.0. The second-order valence-electron chi connectivity index (χ2n) is 8.81. The molecule has 10 heteroatoms. The smallest absolute Gasteiger partial charge is 0.240 e. The van der Waals surface area contributed by atoms with Crippen LogP contribution in [-0.2, 0) is 11.3 Å². The van der Waals surface area contributed by atoms with Crippen LogP contribution >= 0.6 is 9.24 Å². The van der Waals surface area contributed by atoms with Gasteiger partial charge in [0.05, 0.1) is 17.7 Å². The van der Waals surface area contributed by atoms with Crippen molar-refractivity contribution in [1.29, 1.82) is 0 Å². The van der Waals surface area contributed by atoms with E-state index < -0.39 is 6.10 Å². The van der Waals surface area contributed by atoms with Crippen molar-refractivity contribution in [3.63, 3.8) is 0 Å². The largest absolute Gasteiger partial charge is 0.484 e. The first-order valence-corrected chi connectivity index (χ1v) is 12.3. The molecule has 186 valence electrons. The predicted octanol–water partition coefficient (Wildman–Crippen LogP) is 2.71. The molecule has 2 aromatic carbocycles. The maximum Gasteiger partial charge on any atom is 0.240 e. The topological polar surface area (TPSA) is 111 Å². The number of nitrogens with two attached hydrogens (primary N) is 2. The van der Waals surface area contributed by atoms with E-state index in [-0.39, 0.29) is 18.3 Å². The number of likely N-dealkylation sites (tertiary alicyclic amines) is 1. The van der Waals surface area contributed by atoms with Gasteiger partial charge in [-0.2, -0.15) is 0 Å². The fraction of sp³-hybridized carbons (Fsp3) is 0.360. The van der Waals surface area contributed by atoms with Crippen LogP contribution in [-0.4, -0.2) is 46.5 Å². The number of benzene rings is 2. The zero-order valence-electron chi connectivity index (χ0n) is 19.8. The number of hydrogen-bond acceptors (Lipinski definition) is 6. The number of carbonyl (C=O) groups is 1. The van der Waals surface area contributed by atoms with Gasteiger partial charge in [0.15, 0.2) is 0 Å². The SMILES string of the molecule is CC(Oc1cc(-c2cn(CC(=O)NCCN3CCCC3)cn2)ccc1N)c1c(N)ccc(F)c1P. The third-order valence-corrected chi connectivity index (χ3v) is 6.78. The number of carbonyl (C=O) groups excluding carboxylic acids is 1. The Morgan fingerprint density at radius 3 is 2.74 bits per heavy atom. The van der Waals surface area contributed by atoms with Crippen LogP contribution in [0.1, 0.15) is 31.4 Å². The standard InChI is InChI=1S/C25H32FN6O2P/c1-16(24-20(28)7-5-18(26)25(24)35)34-22-12-17(4-6-19(22)27)21-13-32(15-30-21)14-23(33)29-8-11-31-9-2-3-10-31/h4-7,12-13,15-16H,2-3,8-11,14,27-28,35H2,1H3,(H,29,33). The first-order valence-electron chi connectivity index (χ1n) is 11.7. The van der Waals surface area contributed by atoms with Crippen LogP contribution in [0.4, 0.5) is 15.8 Å². The number of rotatable bonds is 9. The molecule has 1 aromatic heterocycles. The molecule has 0 spiro atoms. The molecular formula is C25H32FN6O2P. The Morgan fingerprint density at radius 2 is 1.97 bits per heavy atom.